The average molecular weight is 369 g/mol. The minimum Gasteiger partial charge on any atom is -0.303 e. The maximum absolute atomic E-state index is 14.0. The lowest BCUT2D eigenvalue weighted by atomic mass is 9.99. The molecule has 25 heavy (non-hydrogen) atoms. The molecule has 0 radical (unpaired) electrons. The number of nitrogens with zero attached hydrogens (tertiary/aromatic N) is 2. The summed E-state index contributed by atoms with van der Waals surface area (Å²) in [5.74, 6) is 0.170. The molecule has 0 unspecified atom stereocenters. The minimum absolute atomic E-state index is 0.00770. The first-order valence-electron chi connectivity index (χ1n) is 9.47. The van der Waals surface area contributed by atoms with Crippen molar-refractivity contribution in [2.45, 2.75) is 56.4 Å². The van der Waals surface area contributed by atoms with E-state index in [1.54, 1.807) is 6.07 Å². The quantitative estimate of drug-likeness (QED) is 0.772. The number of hydrogen-bond acceptors (Lipinski definition) is 3. The fourth-order valence-corrected chi connectivity index (χ4v) is 5.82. The van der Waals surface area contributed by atoms with Crippen LogP contribution in [0.25, 0.3) is 0 Å². The van der Waals surface area contributed by atoms with E-state index >= 15 is 0 Å². The Morgan fingerprint density at radius 1 is 1.12 bits per heavy atom. The SMILES string of the molecule is CC1CCN(CCC[C@H]2CCCN2S(=O)(=O)c2ccccc2F)CC1. The van der Waals surface area contributed by atoms with Crippen LogP contribution < -0.4 is 0 Å². The Hall–Kier alpha value is -0.980. The van der Waals surface area contributed by atoms with Crippen molar-refractivity contribution in [2.75, 3.05) is 26.2 Å². The van der Waals surface area contributed by atoms with E-state index in [4.69, 9.17) is 0 Å². The smallest absolute Gasteiger partial charge is 0.246 e. The van der Waals surface area contributed by atoms with Gasteiger partial charge in [-0.05, 0) is 76.2 Å². The third kappa shape index (κ3) is 4.41. The number of hydrogen-bond donors (Lipinski definition) is 0. The molecule has 3 rings (SSSR count). The molecule has 0 saturated carbocycles. The minimum atomic E-state index is -3.74. The predicted molar refractivity (Wildman–Crippen MR) is 97.4 cm³/mol. The highest BCUT2D eigenvalue weighted by Gasteiger charge is 2.36. The van der Waals surface area contributed by atoms with Gasteiger partial charge in [-0.15, -0.1) is 0 Å². The molecule has 2 heterocycles. The highest BCUT2D eigenvalue weighted by molar-refractivity contribution is 7.89. The van der Waals surface area contributed by atoms with E-state index in [-0.39, 0.29) is 10.9 Å². The third-order valence-electron chi connectivity index (χ3n) is 5.63. The predicted octanol–water partition coefficient (Wildman–Crippen LogP) is 3.49. The van der Waals surface area contributed by atoms with Crippen LogP contribution in [0.15, 0.2) is 29.2 Å². The zero-order valence-electron chi connectivity index (χ0n) is 15.0. The number of sulfonamides is 1. The van der Waals surface area contributed by atoms with Gasteiger partial charge in [-0.2, -0.15) is 4.31 Å². The van der Waals surface area contributed by atoms with E-state index < -0.39 is 15.8 Å². The molecule has 0 N–H and O–H groups in total. The van der Waals surface area contributed by atoms with Gasteiger partial charge in [0, 0.05) is 12.6 Å². The number of halogens is 1. The van der Waals surface area contributed by atoms with Crippen molar-refractivity contribution < 1.29 is 12.8 Å². The molecular formula is C19H29FN2O2S. The van der Waals surface area contributed by atoms with Crippen LogP contribution in [0.3, 0.4) is 0 Å². The second kappa shape index (κ2) is 8.14. The van der Waals surface area contributed by atoms with Gasteiger partial charge < -0.3 is 4.90 Å². The van der Waals surface area contributed by atoms with Crippen molar-refractivity contribution in [3.05, 3.63) is 30.1 Å². The van der Waals surface area contributed by atoms with E-state index in [2.05, 4.69) is 11.8 Å². The molecule has 2 aliphatic rings. The van der Waals surface area contributed by atoms with Crippen LogP contribution in [-0.2, 0) is 10.0 Å². The van der Waals surface area contributed by atoms with E-state index in [1.807, 2.05) is 0 Å². The fraction of sp³-hybridized carbons (Fsp3) is 0.684. The Balaban J connectivity index is 1.58. The molecule has 1 aromatic carbocycles. The van der Waals surface area contributed by atoms with Crippen LogP contribution in [0.1, 0.15) is 45.4 Å². The van der Waals surface area contributed by atoms with Crippen molar-refractivity contribution in [3.8, 4) is 0 Å². The van der Waals surface area contributed by atoms with Crippen LogP contribution in [0.5, 0.6) is 0 Å². The maximum Gasteiger partial charge on any atom is 0.246 e. The molecule has 0 aliphatic carbocycles. The fourth-order valence-electron chi connectivity index (χ4n) is 4.03. The summed E-state index contributed by atoms with van der Waals surface area (Å²) in [7, 11) is -3.74. The van der Waals surface area contributed by atoms with E-state index in [0.29, 0.717) is 6.54 Å². The van der Waals surface area contributed by atoms with Gasteiger partial charge in [0.25, 0.3) is 0 Å². The Labute approximate surface area is 151 Å². The lowest BCUT2D eigenvalue weighted by Crippen LogP contribution is -2.37. The van der Waals surface area contributed by atoms with Gasteiger partial charge in [0.15, 0.2) is 0 Å². The van der Waals surface area contributed by atoms with Gasteiger partial charge in [0.05, 0.1) is 0 Å². The monoisotopic (exact) mass is 368 g/mol. The second-order valence-corrected chi connectivity index (χ2v) is 9.37. The molecule has 0 aromatic heterocycles. The summed E-state index contributed by atoms with van der Waals surface area (Å²) in [4.78, 5) is 2.30. The van der Waals surface area contributed by atoms with Gasteiger partial charge in [0.2, 0.25) is 10.0 Å². The summed E-state index contributed by atoms with van der Waals surface area (Å²) in [6.07, 6.45) is 6.13. The Morgan fingerprint density at radius 2 is 1.84 bits per heavy atom. The molecule has 0 bridgehead atoms. The van der Waals surface area contributed by atoms with Gasteiger partial charge in [-0.25, -0.2) is 12.8 Å². The third-order valence-corrected chi connectivity index (χ3v) is 7.62. The highest BCUT2D eigenvalue weighted by atomic mass is 32.2. The molecule has 2 aliphatic heterocycles. The second-order valence-electron chi connectivity index (χ2n) is 7.51. The van der Waals surface area contributed by atoms with Crippen LogP contribution in [0.2, 0.25) is 0 Å². The lowest BCUT2D eigenvalue weighted by molar-refractivity contribution is 0.185. The average Bonchev–Trinajstić information content (AvgIpc) is 3.06. The maximum atomic E-state index is 14.0. The highest BCUT2D eigenvalue weighted by Crippen LogP contribution is 2.30. The lowest BCUT2D eigenvalue weighted by Gasteiger charge is -2.31. The van der Waals surface area contributed by atoms with E-state index in [0.717, 1.165) is 51.2 Å². The molecule has 6 heteroatoms. The van der Waals surface area contributed by atoms with Crippen LogP contribution in [-0.4, -0.2) is 49.8 Å². The summed E-state index contributed by atoms with van der Waals surface area (Å²) >= 11 is 0. The summed E-state index contributed by atoms with van der Waals surface area (Å²) in [6, 6.07) is 5.70. The van der Waals surface area contributed by atoms with Gasteiger partial charge in [-0.3, -0.25) is 0 Å². The zero-order chi connectivity index (χ0) is 17.9. The summed E-state index contributed by atoms with van der Waals surface area (Å²) < 4.78 is 41.2. The molecule has 2 fully saturated rings. The number of likely N-dealkylation sites (tertiary alicyclic amines) is 1. The van der Waals surface area contributed by atoms with Gasteiger partial charge in [0.1, 0.15) is 10.7 Å². The largest absolute Gasteiger partial charge is 0.303 e. The van der Waals surface area contributed by atoms with E-state index in [1.165, 1.54) is 35.3 Å². The van der Waals surface area contributed by atoms with Crippen LogP contribution >= 0.6 is 0 Å². The normalized spacial score (nSPS) is 24.0. The summed E-state index contributed by atoms with van der Waals surface area (Å²) in [5, 5.41) is 0. The first kappa shape index (κ1) is 18.8. The first-order chi connectivity index (χ1) is 12.0. The molecule has 140 valence electrons. The molecule has 1 atom stereocenters. The van der Waals surface area contributed by atoms with Crippen LogP contribution in [0.4, 0.5) is 4.39 Å². The molecule has 4 nitrogen and oxygen atoms in total. The van der Waals surface area contributed by atoms with Gasteiger partial charge >= 0.3 is 0 Å². The molecule has 0 spiro atoms. The zero-order valence-corrected chi connectivity index (χ0v) is 15.8. The number of benzene rings is 1. The van der Waals surface area contributed by atoms with Crippen molar-refractivity contribution in [1.29, 1.82) is 0 Å². The Morgan fingerprint density at radius 3 is 2.56 bits per heavy atom. The Bertz CT molecular complexity index is 672. The summed E-state index contributed by atoms with van der Waals surface area (Å²) in [6.45, 7) is 6.16. The Kier molecular flexibility index (Phi) is 6.12. The molecule has 2 saturated heterocycles. The summed E-state index contributed by atoms with van der Waals surface area (Å²) in [5.41, 5.74) is 0. The standard InChI is InChI=1S/C19H29FN2O2S/c1-16-10-14-21(15-11-16)12-4-6-17-7-5-13-22(17)25(23,24)19-9-3-2-8-18(19)20/h2-3,8-9,16-17H,4-7,10-15H2,1H3/t17-/m0/s1. The first-order valence-corrected chi connectivity index (χ1v) is 10.9. The molecule has 0 amide bonds. The molecule has 1 aromatic rings. The van der Waals surface area contributed by atoms with Gasteiger partial charge in [-0.1, -0.05) is 19.1 Å². The topological polar surface area (TPSA) is 40.6 Å². The van der Waals surface area contributed by atoms with Crippen molar-refractivity contribution in [3.63, 3.8) is 0 Å². The number of rotatable bonds is 6. The van der Waals surface area contributed by atoms with E-state index in [9.17, 15) is 12.8 Å². The van der Waals surface area contributed by atoms with Crippen molar-refractivity contribution in [2.24, 2.45) is 5.92 Å². The van der Waals surface area contributed by atoms with Crippen LogP contribution in [0, 0.1) is 11.7 Å². The van der Waals surface area contributed by atoms with Crippen molar-refractivity contribution in [1.82, 2.24) is 9.21 Å². The molecular weight excluding hydrogens is 339 g/mol. The van der Waals surface area contributed by atoms with Crippen molar-refractivity contribution >= 4 is 10.0 Å². The number of piperidine rings is 1.